The molecule has 20 heavy (non-hydrogen) atoms. The minimum atomic E-state index is 0.425. The molecule has 0 amide bonds. The zero-order valence-corrected chi connectivity index (χ0v) is 12.9. The second-order valence-electron chi connectivity index (χ2n) is 5.31. The van der Waals surface area contributed by atoms with Gasteiger partial charge in [0, 0.05) is 5.02 Å². The lowest BCUT2D eigenvalue weighted by molar-refractivity contribution is 0.0422. The van der Waals surface area contributed by atoms with Gasteiger partial charge in [-0.3, -0.25) is 0 Å². The maximum Gasteiger partial charge on any atom is 0.0654 e. The van der Waals surface area contributed by atoms with Gasteiger partial charge in [-0.2, -0.15) is 0 Å². The van der Waals surface area contributed by atoms with E-state index in [-0.39, 0.29) is 0 Å². The smallest absolute Gasteiger partial charge is 0.0654 e. The van der Waals surface area contributed by atoms with Crippen LogP contribution in [0, 0.1) is 0 Å². The van der Waals surface area contributed by atoms with E-state index >= 15 is 0 Å². The largest absolute Gasteiger partial charge is 0.374 e. The fourth-order valence-corrected chi connectivity index (χ4v) is 2.86. The Morgan fingerprint density at radius 2 is 1.80 bits per heavy atom. The Labute approximate surface area is 127 Å². The first kappa shape index (κ1) is 15.3. The normalized spacial score (nSPS) is 23.7. The van der Waals surface area contributed by atoms with Gasteiger partial charge in [-0.05, 0) is 56.2 Å². The Morgan fingerprint density at radius 1 is 1.10 bits per heavy atom. The highest BCUT2D eigenvalue weighted by Crippen LogP contribution is 2.34. The van der Waals surface area contributed by atoms with Gasteiger partial charge in [-0.1, -0.05) is 48.0 Å². The molecule has 1 nitrogen and oxygen atoms in total. The third-order valence-electron chi connectivity index (χ3n) is 3.88. The van der Waals surface area contributed by atoms with Crippen molar-refractivity contribution in [1.29, 1.82) is 0 Å². The summed E-state index contributed by atoms with van der Waals surface area (Å²) < 4.78 is 5.89. The van der Waals surface area contributed by atoms with Crippen LogP contribution < -0.4 is 0 Å². The predicted octanol–water partition coefficient (Wildman–Crippen LogP) is 5.52. The summed E-state index contributed by atoms with van der Waals surface area (Å²) in [4.78, 5) is 0. The zero-order valence-electron chi connectivity index (χ0n) is 12.1. The van der Waals surface area contributed by atoms with Crippen LogP contribution in [0.25, 0.3) is 0 Å². The molecule has 0 N–H and O–H groups in total. The standard InChI is InChI=1S/C18H23ClO/c1-2-3-4-5-14-20-18-12-8-16(9-13-18)15-6-10-17(19)11-7-15/h2-7,10-11,16,18H,8-9,12-14H2,1H3/b3-2+,5-4+. The second-order valence-corrected chi connectivity index (χ2v) is 5.75. The van der Waals surface area contributed by atoms with E-state index in [1.165, 1.54) is 18.4 Å². The minimum Gasteiger partial charge on any atom is -0.374 e. The molecule has 108 valence electrons. The van der Waals surface area contributed by atoms with Crippen molar-refractivity contribution in [3.63, 3.8) is 0 Å². The van der Waals surface area contributed by atoms with E-state index < -0.39 is 0 Å². The van der Waals surface area contributed by atoms with Crippen molar-refractivity contribution < 1.29 is 4.74 Å². The third kappa shape index (κ3) is 4.81. The van der Waals surface area contributed by atoms with Gasteiger partial charge < -0.3 is 4.74 Å². The van der Waals surface area contributed by atoms with Gasteiger partial charge in [0.25, 0.3) is 0 Å². The second kappa shape index (κ2) is 8.28. The highest BCUT2D eigenvalue weighted by Gasteiger charge is 2.22. The number of rotatable bonds is 5. The van der Waals surface area contributed by atoms with Crippen LogP contribution in [0.5, 0.6) is 0 Å². The third-order valence-corrected chi connectivity index (χ3v) is 4.14. The van der Waals surface area contributed by atoms with Crippen molar-refractivity contribution >= 4 is 11.6 Å². The molecule has 0 unspecified atom stereocenters. The minimum absolute atomic E-state index is 0.425. The van der Waals surface area contributed by atoms with Gasteiger partial charge in [0.1, 0.15) is 0 Å². The van der Waals surface area contributed by atoms with Crippen molar-refractivity contribution in [3.8, 4) is 0 Å². The number of ether oxygens (including phenoxy) is 1. The number of hydrogen-bond donors (Lipinski definition) is 0. The molecule has 1 fully saturated rings. The molecule has 0 radical (unpaired) electrons. The van der Waals surface area contributed by atoms with E-state index in [2.05, 4.69) is 18.2 Å². The van der Waals surface area contributed by atoms with Crippen LogP contribution in [-0.2, 0) is 4.74 Å². The molecule has 1 aliphatic rings. The monoisotopic (exact) mass is 290 g/mol. The van der Waals surface area contributed by atoms with Crippen molar-refractivity contribution in [2.75, 3.05) is 6.61 Å². The summed E-state index contributed by atoms with van der Waals surface area (Å²) in [6.07, 6.45) is 13.3. The molecule has 0 aromatic heterocycles. The van der Waals surface area contributed by atoms with Crippen molar-refractivity contribution in [1.82, 2.24) is 0 Å². The summed E-state index contributed by atoms with van der Waals surface area (Å²) in [7, 11) is 0. The van der Waals surface area contributed by atoms with Crippen LogP contribution >= 0.6 is 11.6 Å². The Bertz CT molecular complexity index is 439. The molecule has 1 aromatic carbocycles. The van der Waals surface area contributed by atoms with Gasteiger partial charge >= 0.3 is 0 Å². The Kier molecular flexibility index (Phi) is 6.35. The Hall–Kier alpha value is -1.05. The number of benzene rings is 1. The molecule has 0 saturated heterocycles. The van der Waals surface area contributed by atoms with E-state index in [1.54, 1.807) is 0 Å². The highest BCUT2D eigenvalue weighted by atomic mass is 35.5. The maximum atomic E-state index is 5.94. The quantitative estimate of drug-likeness (QED) is 0.649. The van der Waals surface area contributed by atoms with E-state index in [1.807, 2.05) is 37.3 Å². The highest BCUT2D eigenvalue weighted by molar-refractivity contribution is 6.30. The van der Waals surface area contributed by atoms with E-state index in [9.17, 15) is 0 Å². The van der Waals surface area contributed by atoms with Crippen molar-refractivity contribution in [3.05, 3.63) is 59.2 Å². The summed E-state index contributed by atoms with van der Waals surface area (Å²) in [5.41, 5.74) is 1.42. The topological polar surface area (TPSA) is 9.23 Å². The van der Waals surface area contributed by atoms with Gasteiger partial charge in [0.2, 0.25) is 0 Å². The van der Waals surface area contributed by atoms with E-state index in [0.717, 1.165) is 24.5 Å². The summed E-state index contributed by atoms with van der Waals surface area (Å²) in [6.45, 7) is 2.74. The molecule has 0 heterocycles. The summed E-state index contributed by atoms with van der Waals surface area (Å²) in [6, 6.07) is 8.30. The Balaban J connectivity index is 1.73. The van der Waals surface area contributed by atoms with Crippen LogP contribution in [0.3, 0.4) is 0 Å². The summed E-state index contributed by atoms with van der Waals surface area (Å²) >= 11 is 5.94. The van der Waals surface area contributed by atoms with Crippen molar-refractivity contribution in [2.45, 2.75) is 44.6 Å². The molecule has 2 heteroatoms. The van der Waals surface area contributed by atoms with Gasteiger partial charge in [-0.15, -0.1) is 0 Å². The lowest BCUT2D eigenvalue weighted by Crippen LogP contribution is -2.20. The van der Waals surface area contributed by atoms with Crippen LogP contribution in [0.4, 0.5) is 0 Å². The molecular formula is C18H23ClO. The molecule has 0 atom stereocenters. The molecule has 0 aliphatic heterocycles. The molecule has 1 aromatic rings. The number of allylic oxidation sites excluding steroid dienone is 3. The fourth-order valence-electron chi connectivity index (χ4n) is 2.73. The molecular weight excluding hydrogens is 268 g/mol. The van der Waals surface area contributed by atoms with Crippen molar-refractivity contribution in [2.24, 2.45) is 0 Å². The average Bonchev–Trinajstić information content (AvgIpc) is 2.49. The zero-order chi connectivity index (χ0) is 14.2. The maximum absolute atomic E-state index is 5.94. The predicted molar refractivity (Wildman–Crippen MR) is 86.4 cm³/mol. The number of hydrogen-bond acceptors (Lipinski definition) is 1. The van der Waals surface area contributed by atoms with Crippen LogP contribution in [0.2, 0.25) is 5.02 Å². The number of halogens is 1. The lowest BCUT2D eigenvalue weighted by Gasteiger charge is -2.28. The lowest BCUT2D eigenvalue weighted by atomic mass is 9.83. The first-order valence-electron chi connectivity index (χ1n) is 7.44. The molecule has 1 saturated carbocycles. The molecule has 1 aliphatic carbocycles. The molecule has 2 rings (SSSR count). The van der Waals surface area contributed by atoms with E-state index in [4.69, 9.17) is 16.3 Å². The molecule has 0 bridgehead atoms. The Morgan fingerprint density at radius 3 is 2.45 bits per heavy atom. The average molecular weight is 291 g/mol. The van der Waals surface area contributed by atoms with Crippen LogP contribution in [-0.4, -0.2) is 12.7 Å². The molecule has 0 spiro atoms. The first-order valence-corrected chi connectivity index (χ1v) is 7.82. The van der Waals surface area contributed by atoms with E-state index in [0.29, 0.717) is 12.0 Å². The van der Waals surface area contributed by atoms with Gasteiger partial charge in [-0.25, -0.2) is 0 Å². The van der Waals surface area contributed by atoms with Crippen LogP contribution in [0.15, 0.2) is 48.6 Å². The SMILES string of the molecule is C/C=C/C=C/COC1CCC(c2ccc(Cl)cc2)CC1. The van der Waals surface area contributed by atoms with Gasteiger partial charge in [0.15, 0.2) is 0 Å². The summed E-state index contributed by atoms with van der Waals surface area (Å²) in [5.74, 6) is 0.672. The summed E-state index contributed by atoms with van der Waals surface area (Å²) in [5, 5.41) is 0.818. The first-order chi connectivity index (χ1) is 9.79. The van der Waals surface area contributed by atoms with Gasteiger partial charge in [0.05, 0.1) is 12.7 Å². The fraction of sp³-hybridized carbons (Fsp3) is 0.444. The van der Waals surface area contributed by atoms with Crippen LogP contribution in [0.1, 0.15) is 44.1 Å².